The Morgan fingerprint density at radius 3 is 2.35 bits per heavy atom. The molecule has 0 aliphatic carbocycles. The second-order valence-corrected chi connectivity index (χ2v) is 6.50. The molecular formula is C20H27Cl2N3O. The Morgan fingerprint density at radius 2 is 1.73 bits per heavy atom. The number of likely N-dealkylation sites (tertiary alicyclic amines) is 1. The lowest BCUT2D eigenvalue weighted by molar-refractivity contribution is -0.133. The van der Waals surface area contributed by atoms with E-state index in [0.29, 0.717) is 6.04 Å². The van der Waals surface area contributed by atoms with Gasteiger partial charge in [-0.1, -0.05) is 42.5 Å². The van der Waals surface area contributed by atoms with E-state index in [1.807, 2.05) is 35.2 Å². The number of nitrogens with two attached hydrogens (primary N) is 1. The van der Waals surface area contributed by atoms with Crippen LogP contribution in [0, 0.1) is 6.92 Å². The van der Waals surface area contributed by atoms with Crippen LogP contribution in [0.25, 0.3) is 0 Å². The highest BCUT2D eigenvalue weighted by molar-refractivity contribution is 5.85. The maximum Gasteiger partial charge on any atom is 0.244 e. The van der Waals surface area contributed by atoms with Gasteiger partial charge in [0.05, 0.1) is 0 Å². The zero-order chi connectivity index (χ0) is 16.9. The molecule has 3 N–H and O–H groups in total. The minimum Gasteiger partial charge on any atom is -0.382 e. The van der Waals surface area contributed by atoms with Gasteiger partial charge in [0.25, 0.3) is 0 Å². The number of aryl methyl sites for hydroxylation is 1. The van der Waals surface area contributed by atoms with Crippen molar-refractivity contribution >= 4 is 36.4 Å². The first-order valence-corrected chi connectivity index (χ1v) is 8.56. The van der Waals surface area contributed by atoms with E-state index in [0.717, 1.165) is 37.2 Å². The quantitative estimate of drug-likeness (QED) is 0.823. The van der Waals surface area contributed by atoms with Crippen LogP contribution in [0.5, 0.6) is 0 Å². The van der Waals surface area contributed by atoms with E-state index in [4.69, 9.17) is 5.73 Å². The van der Waals surface area contributed by atoms with Crippen molar-refractivity contribution in [3.8, 4) is 0 Å². The van der Waals surface area contributed by atoms with Gasteiger partial charge in [0.15, 0.2) is 0 Å². The highest BCUT2D eigenvalue weighted by Gasteiger charge is 2.27. The predicted molar refractivity (Wildman–Crippen MR) is 112 cm³/mol. The molecule has 1 unspecified atom stereocenters. The van der Waals surface area contributed by atoms with E-state index >= 15 is 0 Å². The summed E-state index contributed by atoms with van der Waals surface area (Å²) in [4.78, 5) is 14.5. The molecular weight excluding hydrogens is 369 g/mol. The van der Waals surface area contributed by atoms with Crippen LogP contribution in [0.1, 0.15) is 30.0 Å². The second kappa shape index (κ2) is 10.4. The lowest BCUT2D eigenvalue weighted by Crippen LogP contribution is -2.45. The van der Waals surface area contributed by atoms with Gasteiger partial charge >= 0.3 is 0 Å². The normalized spacial score (nSPS) is 15.4. The van der Waals surface area contributed by atoms with Crippen molar-refractivity contribution in [3.63, 3.8) is 0 Å². The molecule has 0 spiro atoms. The summed E-state index contributed by atoms with van der Waals surface area (Å²) in [5.41, 5.74) is 9.42. The van der Waals surface area contributed by atoms with Gasteiger partial charge in [-0.05, 0) is 43.0 Å². The molecule has 4 nitrogen and oxygen atoms in total. The van der Waals surface area contributed by atoms with E-state index in [1.54, 1.807) is 0 Å². The summed E-state index contributed by atoms with van der Waals surface area (Å²) in [6, 6.07) is 17.8. The summed E-state index contributed by atoms with van der Waals surface area (Å²) in [6.07, 6.45) is 1.89. The first-order chi connectivity index (χ1) is 11.6. The zero-order valence-corrected chi connectivity index (χ0v) is 16.6. The van der Waals surface area contributed by atoms with Gasteiger partial charge in [0, 0.05) is 24.8 Å². The maximum atomic E-state index is 12.6. The van der Waals surface area contributed by atoms with Crippen molar-refractivity contribution < 1.29 is 4.79 Å². The fourth-order valence-electron chi connectivity index (χ4n) is 3.21. The SMILES string of the molecule is Cc1cccc(NC2CCN(C(=O)C(N)c3ccccc3)CC2)c1.Cl.Cl. The number of hydrogen-bond donors (Lipinski definition) is 2. The zero-order valence-electron chi connectivity index (χ0n) is 14.9. The fourth-order valence-corrected chi connectivity index (χ4v) is 3.21. The predicted octanol–water partition coefficient (Wildman–Crippen LogP) is 3.94. The van der Waals surface area contributed by atoms with Gasteiger partial charge in [-0.2, -0.15) is 0 Å². The number of benzene rings is 2. The van der Waals surface area contributed by atoms with Crippen LogP contribution >= 0.6 is 24.8 Å². The van der Waals surface area contributed by atoms with Crippen LogP contribution < -0.4 is 11.1 Å². The Morgan fingerprint density at radius 1 is 1.08 bits per heavy atom. The molecule has 1 saturated heterocycles. The number of carbonyl (C=O) groups is 1. The molecule has 2 aromatic rings. The van der Waals surface area contributed by atoms with Gasteiger partial charge < -0.3 is 16.0 Å². The molecule has 3 rings (SSSR count). The molecule has 1 aliphatic heterocycles. The third kappa shape index (κ3) is 5.63. The Kier molecular flexibility index (Phi) is 8.93. The number of hydrogen-bond acceptors (Lipinski definition) is 3. The number of carbonyl (C=O) groups excluding carboxylic acids is 1. The first kappa shape index (κ1) is 22.3. The smallest absolute Gasteiger partial charge is 0.244 e. The molecule has 6 heteroatoms. The van der Waals surface area contributed by atoms with Crippen LogP contribution in [0.4, 0.5) is 5.69 Å². The standard InChI is InChI=1S/C20H25N3O.2ClH/c1-15-6-5-9-18(14-15)22-17-10-12-23(13-11-17)20(24)19(21)16-7-3-2-4-8-16;;/h2-9,14,17,19,22H,10-13,21H2,1H3;2*1H. The largest absolute Gasteiger partial charge is 0.382 e. The summed E-state index contributed by atoms with van der Waals surface area (Å²) in [7, 11) is 0. The number of anilines is 1. The number of piperidine rings is 1. The molecule has 1 fully saturated rings. The minimum atomic E-state index is -0.563. The first-order valence-electron chi connectivity index (χ1n) is 8.56. The Bertz CT molecular complexity index is 688. The maximum absolute atomic E-state index is 12.6. The fraction of sp³-hybridized carbons (Fsp3) is 0.350. The molecule has 1 heterocycles. The Balaban J connectivity index is 0.00000169. The lowest BCUT2D eigenvalue weighted by atomic mass is 10.0. The van der Waals surface area contributed by atoms with Crippen molar-refractivity contribution in [1.29, 1.82) is 0 Å². The highest BCUT2D eigenvalue weighted by atomic mass is 35.5. The summed E-state index contributed by atoms with van der Waals surface area (Å²) >= 11 is 0. The van der Waals surface area contributed by atoms with Gasteiger partial charge in [0.2, 0.25) is 5.91 Å². The van der Waals surface area contributed by atoms with E-state index < -0.39 is 6.04 Å². The molecule has 2 aromatic carbocycles. The summed E-state index contributed by atoms with van der Waals surface area (Å²) in [6.45, 7) is 3.60. The van der Waals surface area contributed by atoms with Crippen LogP contribution in [-0.4, -0.2) is 29.9 Å². The summed E-state index contributed by atoms with van der Waals surface area (Å²) < 4.78 is 0. The lowest BCUT2D eigenvalue weighted by Gasteiger charge is -2.34. The number of nitrogens with zero attached hydrogens (tertiary/aromatic N) is 1. The Hall–Kier alpha value is -1.75. The van der Waals surface area contributed by atoms with Crippen LogP contribution in [0.2, 0.25) is 0 Å². The Labute approximate surface area is 168 Å². The molecule has 142 valence electrons. The van der Waals surface area contributed by atoms with Crippen molar-refractivity contribution in [2.24, 2.45) is 5.73 Å². The van der Waals surface area contributed by atoms with Gasteiger partial charge in [-0.15, -0.1) is 24.8 Å². The van der Waals surface area contributed by atoms with E-state index in [2.05, 4.69) is 36.5 Å². The van der Waals surface area contributed by atoms with Crippen molar-refractivity contribution in [2.75, 3.05) is 18.4 Å². The topological polar surface area (TPSA) is 58.4 Å². The van der Waals surface area contributed by atoms with E-state index in [9.17, 15) is 4.79 Å². The number of amides is 1. The van der Waals surface area contributed by atoms with E-state index in [-0.39, 0.29) is 30.7 Å². The molecule has 1 aliphatic rings. The number of rotatable bonds is 4. The van der Waals surface area contributed by atoms with Crippen molar-refractivity contribution in [2.45, 2.75) is 31.8 Å². The summed E-state index contributed by atoms with van der Waals surface area (Å²) in [5.74, 6) is 0.0233. The van der Waals surface area contributed by atoms with Crippen LogP contribution in [0.15, 0.2) is 54.6 Å². The van der Waals surface area contributed by atoms with Crippen molar-refractivity contribution in [1.82, 2.24) is 4.90 Å². The molecule has 1 atom stereocenters. The number of nitrogens with one attached hydrogen (secondary N) is 1. The second-order valence-electron chi connectivity index (χ2n) is 6.50. The van der Waals surface area contributed by atoms with E-state index in [1.165, 1.54) is 5.56 Å². The molecule has 0 radical (unpaired) electrons. The van der Waals surface area contributed by atoms with Crippen molar-refractivity contribution in [3.05, 3.63) is 65.7 Å². The highest BCUT2D eigenvalue weighted by Crippen LogP contribution is 2.20. The van der Waals surface area contributed by atoms with Gasteiger partial charge in [-0.3, -0.25) is 4.79 Å². The third-order valence-corrected chi connectivity index (χ3v) is 4.62. The summed E-state index contributed by atoms with van der Waals surface area (Å²) in [5, 5.41) is 3.57. The van der Waals surface area contributed by atoms with Crippen LogP contribution in [0.3, 0.4) is 0 Å². The average Bonchev–Trinajstić information content (AvgIpc) is 2.62. The monoisotopic (exact) mass is 395 g/mol. The third-order valence-electron chi connectivity index (χ3n) is 4.62. The average molecular weight is 396 g/mol. The van der Waals surface area contributed by atoms with Gasteiger partial charge in [-0.25, -0.2) is 0 Å². The number of halogens is 2. The molecule has 0 aromatic heterocycles. The molecule has 26 heavy (non-hydrogen) atoms. The molecule has 0 saturated carbocycles. The molecule has 1 amide bonds. The minimum absolute atomic E-state index is 0. The molecule has 0 bridgehead atoms. The van der Waals surface area contributed by atoms with Gasteiger partial charge in [0.1, 0.15) is 6.04 Å². The van der Waals surface area contributed by atoms with Crippen LogP contribution in [-0.2, 0) is 4.79 Å².